The second kappa shape index (κ2) is 9.34. The molecular formula is C24H27N3O4S. The molecule has 7 nitrogen and oxygen atoms in total. The van der Waals surface area contributed by atoms with Crippen molar-refractivity contribution < 1.29 is 19.1 Å². The Morgan fingerprint density at radius 3 is 2.69 bits per heavy atom. The van der Waals surface area contributed by atoms with Crippen LogP contribution in [0.2, 0.25) is 0 Å². The molecule has 3 heterocycles. The van der Waals surface area contributed by atoms with E-state index in [1.807, 2.05) is 38.1 Å². The molecule has 0 atom stereocenters. The van der Waals surface area contributed by atoms with Crippen LogP contribution in [0, 0.1) is 13.8 Å². The number of methoxy groups -OCH3 is 1. The molecule has 0 bridgehead atoms. The van der Waals surface area contributed by atoms with Crippen LogP contribution in [-0.2, 0) is 33.8 Å². The van der Waals surface area contributed by atoms with E-state index in [0.717, 1.165) is 52.1 Å². The third-order valence-electron chi connectivity index (χ3n) is 6.07. The Labute approximate surface area is 192 Å². The average molecular weight is 454 g/mol. The van der Waals surface area contributed by atoms with Crippen molar-refractivity contribution in [2.75, 3.05) is 26.8 Å². The lowest BCUT2D eigenvalue weighted by molar-refractivity contribution is -0.136. The van der Waals surface area contributed by atoms with Gasteiger partial charge in [-0.2, -0.15) is 0 Å². The molecule has 1 fully saturated rings. The molecule has 0 saturated carbocycles. The summed E-state index contributed by atoms with van der Waals surface area (Å²) in [4.78, 5) is 41.4. The molecule has 2 aliphatic rings. The predicted octanol–water partition coefficient (Wildman–Crippen LogP) is 3.37. The quantitative estimate of drug-likeness (QED) is 0.627. The molecular weight excluding hydrogens is 426 g/mol. The summed E-state index contributed by atoms with van der Waals surface area (Å²) in [6, 6.07) is 10.0. The van der Waals surface area contributed by atoms with Gasteiger partial charge in [-0.15, -0.1) is 0 Å². The van der Waals surface area contributed by atoms with E-state index in [1.54, 1.807) is 18.1 Å². The molecule has 0 N–H and O–H groups in total. The van der Waals surface area contributed by atoms with Gasteiger partial charge in [0.1, 0.15) is 6.54 Å². The van der Waals surface area contributed by atoms with E-state index < -0.39 is 11.1 Å². The lowest BCUT2D eigenvalue weighted by Gasteiger charge is -2.29. The van der Waals surface area contributed by atoms with E-state index in [-0.39, 0.29) is 12.5 Å². The van der Waals surface area contributed by atoms with Crippen LogP contribution in [0.4, 0.5) is 4.79 Å². The fourth-order valence-electron chi connectivity index (χ4n) is 4.22. The van der Waals surface area contributed by atoms with Crippen molar-refractivity contribution in [2.45, 2.75) is 33.4 Å². The van der Waals surface area contributed by atoms with E-state index in [2.05, 4.69) is 10.6 Å². The van der Waals surface area contributed by atoms with E-state index in [1.165, 1.54) is 5.56 Å². The first-order valence-electron chi connectivity index (χ1n) is 10.6. The van der Waals surface area contributed by atoms with Crippen LogP contribution < -0.4 is 0 Å². The minimum atomic E-state index is -0.410. The number of thioether (sulfide) groups is 1. The number of hydrogen-bond acceptors (Lipinski definition) is 5. The fraction of sp³-hybridized carbons (Fsp3) is 0.375. The summed E-state index contributed by atoms with van der Waals surface area (Å²) in [5, 5.41) is -0.403. The van der Waals surface area contributed by atoms with Crippen LogP contribution in [0.3, 0.4) is 0 Å². The van der Waals surface area contributed by atoms with E-state index in [4.69, 9.17) is 4.74 Å². The first kappa shape index (κ1) is 22.4. The second-order valence-corrected chi connectivity index (χ2v) is 9.07. The van der Waals surface area contributed by atoms with Crippen molar-refractivity contribution in [3.63, 3.8) is 0 Å². The molecule has 0 aliphatic carbocycles. The Morgan fingerprint density at radius 2 is 1.94 bits per heavy atom. The number of ether oxygens (including phenoxy) is 1. The maximum atomic E-state index is 12.9. The Kier molecular flexibility index (Phi) is 6.53. The normalized spacial score (nSPS) is 17.4. The zero-order valence-corrected chi connectivity index (χ0v) is 19.4. The Morgan fingerprint density at radius 1 is 1.19 bits per heavy atom. The van der Waals surface area contributed by atoms with Crippen LogP contribution in [0.25, 0.3) is 6.08 Å². The number of aryl methyl sites for hydroxylation is 1. The largest absolute Gasteiger partial charge is 0.383 e. The van der Waals surface area contributed by atoms with Gasteiger partial charge in [-0.3, -0.25) is 19.3 Å². The monoisotopic (exact) mass is 453 g/mol. The molecule has 0 radical (unpaired) electrons. The number of rotatable bonds is 6. The lowest BCUT2D eigenvalue weighted by atomic mass is 10.00. The van der Waals surface area contributed by atoms with Gasteiger partial charge in [0, 0.05) is 38.1 Å². The molecule has 32 heavy (non-hydrogen) atoms. The molecule has 1 aromatic heterocycles. The number of imide groups is 1. The maximum Gasteiger partial charge on any atom is 0.294 e. The van der Waals surface area contributed by atoms with Crippen LogP contribution in [-0.4, -0.2) is 58.2 Å². The van der Waals surface area contributed by atoms with Crippen LogP contribution in [0.1, 0.15) is 28.1 Å². The molecule has 168 valence electrons. The van der Waals surface area contributed by atoms with Crippen molar-refractivity contribution in [3.05, 3.63) is 63.3 Å². The molecule has 2 aromatic rings. The molecule has 0 spiro atoms. The third-order valence-corrected chi connectivity index (χ3v) is 6.98. The number of benzene rings is 1. The number of carbonyl (C=O) groups excluding carboxylic acids is 3. The molecule has 1 saturated heterocycles. The summed E-state index contributed by atoms with van der Waals surface area (Å²) in [6.07, 6.45) is 2.53. The smallest absolute Gasteiger partial charge is 0.294 e. The summed E-state index contributed by atoms with van der Waals surface area (Å²) in [5.41, 5.74) is 5.32. The van der Waals surface area contributed by atoms with Crippen molar-refractivity contribution in [3.8, 4) is 0 Å². The molecule has 8 heteroatoms. The minimum Gasteiger partial charge on any atom is -0.383 e. The third kappa shape index (κ3) is 4.38. The van der Waals surface area contributed by atoms with E-state index in [0.29, 0.717) is 24.6 Å². The van der Waals surface area contributed by atoms with Crippen molar-refractivity contribution in [2.24, 2.45) is 0 Å². The molecule has 2 aliphatic heterocycles. The van der Waals surface area contributed by atoms with Crippen molar-refractivity contribution >= 4 is 34.9 Å². The summed E-state index contributed by atoms with van der Waals surface area (Å²) >= 11 is 0.889. The molecule has 1 aromatic carbocycles. The predicted molar refractivity (Wildman–Crippen MR) is 124 cm³/mol. The van der Waals surface area contributed by atoms with Crippen molar-refractivity contribution in [1.29, 1.82) is 0 Å². The number of carbonyl (C=O) groups is 3. The Hall–Kier alpha value is -2.84. The number of fused-ring (bicyclic) bond motifs is 1. The fourth-order valence-corrected chi connectivity index (χ4v) is 5.05. The standard InChI is InChI=1S/C24H27N3O4S/c1-16-12-20(17(2)26(16)10-11-31-3)13-21-23(29)27(24(30)32-21)15-22(28)25-9-8-18-6-4-5-7-19(18)14-25/h4-7,12-13H,8-11,14-15H2,1-3H3/b21-13-. The first-order chi connectivity index (χ1) is 15.4. The van der Waals surface area contributed by atoms with Gasteiger partial charge in [-0.1, -0.05) is 24.3 Å². The highest BCUT2D eigenvalue weighted by atomic mass is 32.2. The highest BCUT2D eigenvalue weighted by Gasteiger charge is 2.37. The minimum absolute atomic E-state index is 0.208. The van der Waals surface area contributed by atoms with Crippen LogP contribution in [0.5, 0.6) is 0 Å². The zero-order chi connectivity index (χ0) is 22.8. The number of nitrogens with zero attached hydrogens (tertiary/aromatic N) is 3. The highest BCUT2D eigenvalue weighted by molar-refractivity contribution is 8.18. The molecule has 4 rings (SSSR count). The van der Waals surface area contributed by atoms with Gasteiger partial charge in [-0.25, -0.2) is 0 Å². The Balaban J connectivity index is 1.46. The number of hydrogen-bond donors (Lipinski definition) is 0. The van der Waals surface area contributed by atoms with E-state index >= 15 is 0 Å². The summed E-state index contributed by atoms with van der Waals surface area (Å²) in [7, 11) is 1.66. The number of amides is 3. The van der Waals surface area contributed by atoms with Gasteiger partial charge in [0.15, 0.2) is 0 Å². The van der Waals surface area contributed by atoms with Gasteiger partial charge in [0.05, 0.1) is 11.5 Å². The topological polar surface area (TPSA) is 71.8 Å². The Bertz CT molecular complexity index is 1100. The van der Waals surface area contributed by atoms with Gasteiger partial charge >= 0.3 is 0 Å². The summed E-state index contributed by atoms with van der Waals surface area (Å²) < 4.78 is 7.29. The lowest BCUT2D eigenvalue weighted by Crippen LogP contribution is -2.44. The summed E-state index contributed by atoms with van der Waals surface area (Å²) in [6.45, 7) is 6.17. The van der Waals surface area contributed by atoms with Gasteiger partial charge in [0.25, 0.3) is 11.1 Å². The van der Waals surface area contributed by atoms with E-state index in [9.17, 15) is 14.4 Å². The maximum absolute atomic E-state index is 12.9. The zero-order valence-electron chi connectivity index (χ0n) is 18.6. The molecule has 3 amide bonds. The van der Waals surface area contributed by atoms with Crippen molar-refractivity contribution in [1.82, 2.24) is 14.4 Å². The summed E-state index contributed by atoms with van der Waals surface area (Å²) in [5.74, 6) is -0.617. The highest BCUT2D eigenvalue weighted by Crippen LogP contribution is 2.33. The van der Waals surface area contributed by atoms with Gasteiger partial charge in [-0.05, 0) is 60.9 Å². The van der Waals surface area contributed by atoms with Crippen LogP contribution in [0.15, 0.2) is 35.2 Å². The van der Waals surface area contributed by atoms with Gasteiger partial charge in [0.2, 0.25) is 5.91 Å². The van der Waals surface area contributed by atoms with Crippen LogP contribution >= 0.6 is 11.8 Å². The molecule has 0 unspecified atom stereocenters. The number of aromatic nitrogens is 1. The first-order valence-corrected chi connectivity index (χ1v) is 11.5. The average Bonchev–Trinajstić information content (AvgIpc) is 3.21. The SMILES string of the molecule is COCCn1c(C)cc(/C=C2\SC(=O)N(CC(=O)N3CCc4ccccc4C3)C2=O)c1C. The second-order valence-electron chi connectivity index (χ2n) is 8.07. The van der Waals surface area contributed by atoms with Gasteiger partial charge < -0.3 is 14.2 Å².